The van der Waals surface area contributed by atoms with Crippen molar-refractivity contribution in [2.75, 3.05) is 23.4 Å². The molecule has 0 saturated carbocycles. The standard InChI is InChI=1S/C31H24BrN3O7S2/c1-2-41-30(39)16-8-11-19(12-9-16)35-28(37)24-23(25-27(34-31(40)44-25)43-26(24)29(35)38)20-14-17(32)10-13-21(20)42-15-22(36)33-18-6-4-3-5-7-18/h3-14,23-24,26H,2,15H2,1H3,(H,33,36)(H,34,40)/t23-,24-,26+/m0/s1. The van der Waals surface area contributed by atoms with E-state index in [1.54, 1.807) is 49.4 Å². The minimum atomic E-state index is -0.869. The first kappa shape index (κ1) is 29.9. The number of ether oxygens (including phenoxy) is 2. The maximum Gasteiger partial charge on any atom is 0.338 e. The summed E-state index contributed by atoms with van der Waals surface area (Å²) in [4.78, 5) is 69.6. The molecule has 3 heterocycles. The Balaban J connectivity index is 1.34. The third-order valence-electron chi connectivity index (χ3n) is 7.18. The number of benzene rings is 3. The van der Waals surface area contributed by atoms with E-state index in [1.807, 2.05) is 6.07 Å². The van der Waals surface area contributed by atoms with E-state index < -0.39 is 34.9 Å². The van der Waals surface area contributed by atoms with Crippen molar-refractivity contribution in [3.8, 4) is 5.75 Å². The molecule has 6 rings (SSSR count). The van der Waals surface area contributed by atoms with E-state index in [9.17, 15) is 24.0 Å². The van der Waals surface area contributed by atoms with Gasteiger partial charge in [-0.3, -0.25) is 19.2 Å². The Hall–Kier alpha value is -4.20. The van der Waals surface area contributed by atoms with Crippen molar-refractivity contribution in [3.63, 3.8) is 0 Å². The Morgan fingerprint density at radius 1 is 1.00 bits per heavy atom. The Morgan fingerprint density at radius 3 is 2.48 bits per heavy atom. The summed E-state index contributed by atoms with van der Waals surface area (Å²) in [6, 6.07) is 20.3. The molecular formula is C31H24BrN3O7S2. The van der Waals surface area contributed by atoms with Crippen LogP contribution in [0.3, 0.4) is 0 Å². The van der Waals surface area contributed by atoms with Crippen LogP contribution < -0.4 is 19.8 Å². The Morgan fingerprint density at radius 2 is 1.75 bits per heavy atom. The molecular weight excluding hydrogens is 670 g/mol. The largest absolute Gasteiger partial charge is 0.483 e. The fourth-order valence-corrected chi connectivity index (χ4v) is 8.21. The number of halogens is 1. The van der Waals surface area contributed by atoms with Gasteiger partial charge in [0.15, 0.2) is 6.61 Å². The van der Waals surface area contributed by atoms with Crippen LogP contribution in [-0.2, 0) is 19.1 Å². The predicted molar refractivity (Wildman–Crippen MR) is 170 cm³/mol. The molecule has 0 spiro atoms. The van der Waals surface area contributed by atoms with E-state index in [0.29, 0.717) is 42.6 Å². The predicted octanol–water partition coefficient (Wildman–Crippen LogP) is 5.19. The number of anilines is 2. The smallest absolute Gasteiger partial charge is 0.338 e. The highest BCUT2D eigenvalue weighted by Gasteiger charge is 2.56. The number of thioether (sulfide) groups is 1. The quantitative estimate of drug-likeness (QED) is 0.190. The van der Waals surface area contributed by atoms with Gasteiger partial charge in [-0.2, -0.15) is 0 Å². The second-order valence-corrected chi connectivity index (χ2v) is 13.0. The van der Waals surface area contributed by atoms with Crippen molar-refractivity contribution >= 4 is 74.1 Å². The van der Waals surface area contributed by atoms with Crippen molar-refractivity contribution < 1.29 is 28.7 Å². The normalized spacial score (nSPS) is 18.9. The molecule has 13 heteroatoms. The van der Waals surface area contributed by atoms with Crippen molar-refractivity contribution in [1.82, 2.24) is 4.98 Å². The SMILES string of the molecule is CCOC(=O)c1ccc(N2C(=O)[C@H]3[C@H](c4cc(Br)ccc4OCC(=O)Nc4ccccc4)c4sc(=O)[nH]c4S[C@H]3C2=O)cc1. The lowest BCUT2D eigenvalue weighted by atomic mass is 9.82. The average molecular weight is 695 g/mol. The number of para-hydroxylation sites is 1. The number of hydrogen-bond acceptors (Lipinski definition) is 9. The van der Waals surface area contributed by atoms with Gasteiger partial charge in [0.25, 0.3) is 5.91 Å². The van der Waals surface area contributed by atoms with Crippen LogP contribution in [-0.4, -0.2) is 47.1 Å². The molecule has 3 atom stereocenters. The number of nitrogens with zero attached hydrogens (tertiary/aromatic N) is 1. The number of carbonyl (C=O) groups is 4. The van der Waals surface area contributed by atoms with Crippen LogP contribution in [0.15, 0.2) is 87.1 Å². The number of thiazole rings is 1. The number of aromatic nitrogens is 1. The first-order valence-corrected chi connectivity index (χ1v) is 16.1. The van der Waals surface area contributed by atoms with Gasteiger partial charge >= 0.3 is 10.8 Å². The molecule has 3 amide bonds. The van der Waals surface area contributed by atoms with Gasteiger partial charge in [-0.15, -0.1) is 0 Å². The molecule has 0 aliphatic carbocycles. The summed E-state index contributed by atoms with van der Waals surface area (Å²) in [7, 11) is 0. The number of hydrogen-bond donors (Lipinski definition) is 2. The highest BCUT2D eigenvalue weighted by atomic mass is 79.9. The number of H-pyrrole nitrogens is 1. The van der Waals surface area contributed by atoms with Crippen LogP contribution in [0.5, 0.6) is 5.75 Å². The van der Waals surface area contributed by atoms with Crippen LogP contribution in [0.1, 0.15) is 33.6 Å². The summed E-state index contributed by atoms with van der Waals surface area (Å²) < 4.78 is 11.7. The molecule has 1 saturated heterocycles. The van der Waals surface area contributed by atoms with Gasteiger partial charge in [0, 0.05) is 26.5 Å². The summed E-state index contributed by atoms with van der Waals surface area (Å²) in [6.45, 7) is 1.62. The molecule has 0 bridgehead atoms. The zero-order valence-corrected chi connectivity index (χ0v) is 26.3. The zero-order chi connectivity index (χ0) is 31.0. The van der Waals surface area contributed by atoms with Crippen molar-refractivity contribution in [2.45, 2.75) is 23.1 Å². The van der Waals surface area contributed by atoms with Crippen LogP contribution in [0.2, 0.25) is 0 Å². The van der Waals surface area contributed by atoms with E-state index in [4.69, 9.17) is 9.47 Å². The van der Waals surface area contributed by atoms with E-state index in [2.05, 4.69) is 26.2 Å². The fourth-order valence-electron chi connectivity index (χ4n) is 5.32. The molecule has 1 fully saturated rings. The molecule has 2 aliphatic rings. The van der Waals surface area contributed by atoms with Gasteiger partial charge in [0.2, 0.25) is 11.8 Å². The highest BCUT2D eigenvalue weighted by Crippen LogP contribution is 2.54. The third-order valence-corrected chi connectivity index (χ3v) is 10.1. The van der Waals surface area contributed by atoms with E-state index in [0.717, 1.165) is 28.0 Å². The van der Waals surface area contributed by atoms with Gasteiger partial charge in [0.1, 0.15) is 11.0 Å². The minimum Gasteiger partial charge on any atom is -0.483 e. The van der Waals surface area contributed by atoms with E-state index >= 15 is 0 Å². The fraction of sp³-hybridized carbons (Fsp3) is 0.194. The first-order valence-electron chi connectivity index (χ1n) is 13.6. The summed E-state index contributed by atoms with van der Waals surface area (Å²) in [5.41, 5.74) is 1.80. The summed E-state index contributed by atoms with van der Waals surface area (Å²) in [6.07, 6.45) is 0. The third kappa shape index (κ3) is 5.70. The first-order chi connectivity index (χ1) is 21.2. The van der Waals surface area contributed by atoms with Gasteiger partial charge in [0.05, 0.1) is 28.8 Å². The topological polar surface area (TPSA) is 135 Å². The maximum atomic E-state index is 14.1. The lowest BCUT2D eigenvalue weighted by Gasteiger charge is -2.31. The van der Waals surface area contributed by atoms with Crippen molar-refractivity contribution in [1.29, 1.82) is 0 Å². The van der Waals surface area contributed by atoms with Crippen LogP contribution in [0.25, 0.3) is 0 Å². The molecule has 1 aromatic heterocycles. The van der Waals surface area contributed by atoms with E-state index in [-0.39, 0.29) is 24.0 Å². The monoisotopic (exact) mass is 693 g/mol. The number of aromatic amines is 1. The number of rotatable bonds is 8. The summed E-state index contributed by atoms with van der Waals surface area (Å²) in [5.74, 6) is -3.00. The summed E-state index contributed by atoms with van der Waals surface area (Å²) >= 11 is 5.63. The van der Waals surface area contributed by atoms with Crippen LogP contribution in [0.4, 0.5) is 11.4 Å². The number of imide groups is 1. The molecule has 0 radical (unpaired) electrons. The number of nitrogens with one attached hydrogen (secondary N) is 2. The zero-order valence-electron chi connectivity index (χ0n) is 23.1. The minimum absolute atomic E-state index is 0.219. The van der Waals surface area contributed by atoms with Gasteiger partial charge in [-0.05, 0) is 61.5 Å². The molecule has 2 N–H and O–H groups in total. The van der Waals surface area contributed by atoms with E-state index in [1.165, 1.54) is 24.3 Å². The molecule has 2 aliphatic heterocycles. The molecule has 3 aromatic carbocycles. The van der Waals surface area contributed by atoms with Gasteiger partial charge in [-0.25, -0.2) is 9.69 Å². The van der Waals surface area contributed by atoms with Crippen molar-refractivity contribution in [2.24, 2.45) is 5.92 Å². The molecule has 224 valence electrons. The van der Waals surface area contributed by atoms with Crippen LogP contribution in [0, 0.1) is 5.92 Å². The summed E-state index contributed by atoms with van der Waals surface area (Å²) in [5, 5.41) is 2.46. The number of carbonyl (C=O) groups excluding carboxylic acids is 4. The molecule has 0 unspecified atom stereocenters. The maximum absolute atomic E-state index is 14.1. The Kier molecular flexibility index (Phi) is 8.43. The average Bonchev–Trinajstić information content (AvgIpc) is 3.51. The number of esters is 1. The second-order valence-electron chi connectivity index (χ2n) is 9.91. The molecule has 4 aromatic rings. The Labute approximate surface area is 267 Å². The number of amides is 3. The van der Waals surface area contributed by atoms with Gasteiger partial charge in [-0.1, -0.05) is 57.2 Å². The second kappa shape index (κ2) is 12.4. The highest BCUT2D eigenvalue weighted by molar-refractivity contribution is 9.10. The number of fused-ring (bicyclic) bond motifs is 2. The lowest BCUT2D eigenvalue weighted by Crippen LogP contribution is -2.32. The Bertz CT molecular complexity index is 1820. The molecule has 44 heavy (non-hydrogen) atoms. The van der Waals surface area contributed by atoms with Crippen LogP contribution >= 0.6 is 39.0 Å². The van der Waals surface area contributed by atoms with Gasteiger partial charge < -0.3 is 19.8 Å². The van der Waals surface area contributed by atoms with Crippen molar-refractivity contribution in [3.05, 3.63) is 103 Å². The lowest BCUT2D eigenvalue weighted by molar-refractivity contribution is -0.122. The molecule has 10 nitrogen and oxygen atoms in total.